The molecule has 0 atom stereocenters. The van der Waals surface area contributed by atoms with E-state index < -0.39 is 63.6 Å². The number of hydrogen-bond acceptors (Lipinski definition) is 3. The molecule has 0 aliphatic heterocycles. The molecule has 3 rings (SSSR count). The van der Waals surface area contributed by atoms with Crippen LogP contribution in [0, 0.1) is 0 Å². The number of allylic oxidation sites excluding steroid dienone is 3. The van der Waals surface area contributed by atoms with Gasteiger partial charge in [0, 0.05) is 29.7 Å². The Hall–Kier alpha value is -3.00. The monoisotopic (exact) mass is 624 g/mol. The van der Waals surface area contributed by atoms with E-state index in [4.69, 9.17) is 27.7 Å². The first kappa shape index (κ1) is 31.5. The molecule has 0 unspecified atom stereocenters. The van der Waals surface area contributed by atoms with E-state index in [1.165, 1.54) is 18.2 Å². The maximum Gasteiger partial charge on any atom is 0.435 e. The molecule has 1 saturated carbocycles. The number of hydrogen-bond donors (Lipinski definition) is 1. The summed E-state index contributed by atoms with van der Waals surface area (Å²) in [7, 11) is 0. The Morgan fingerprint density at radius 2 is 1.65 bits per heavy atom. The number of benzene rings is 1. The van der Waals surface area contributed by atoms with Gasteiger partial charge >= 0.3 is 24.2 Å². The van der Waals surface area contributed by atoms with Gasteiger partial charge < -0.3 is 9.84 Å². The minimum atomic E-state index is -6.66. The van der Waals surface area contributed by atoms with Crippen LogP contribution in [0.4, 0.5) is 43.9 Å². The normalized spacial score (nSPS) is 15.8. The van der Waals surface area contributed by atoms with Gasteiger partial charge in [-0.05, 0) is 31.1 Å². The maximum absolute atomic E-state index is 14.5. The highest BCUT2D eigenvalue weighted by atomic mass is 35.5. The van der Waals surface area contributed by atoms with Gasteiger partial charge in [-0.25, -0.2) is 4.39 Å². The highest BCUT2D eigenvalue weighted by molar-refractivity contribution is 6.34. The lowest BCUT2D eigenvalue weighted by atomic mass is 9.90. The molecule has 40 heavy (non-hydrogen) atoms. The fourth-order valence-electron chi connectivity index (χ4n) is 3.46. The molecule has 1 aromatic heterocycles. The second-order valence-corrected chi connectivity index (χ2v) is 9.35. The van der Waals surface area contributed by atoms with Crippen molar-refractivity contribution >= 4 is 29.1 Å². The molecule has 0 spiro atoms. The molecule has 1 heterocycles. The first-order chi connectivity index (χ1) is 18.3. The van der Waals surface area contributed by atoms with Gasteiger partial charge in [-0.2, -0.15) is 39.5 Å². The third-order valence-electron chi connectivity index (χ3n) is 5.59. The Balaban J connectivity index is 1.97. The standard InChI is InChI=1S/C24H16Cl2F10N2O2/c1-2-14(20(39)37-12-6-7-12)16(25)5-3-4-13-10-18(38-40-13)19-15(22(28,29)30)8-11(9-17(19)26)21(27,23(31,32)33)24(34,35)36/h2-3,5,8-10,12H,1,4,6-7H2,(H,37,39)/b5-3-,16-14-. The van der Waals surface area contributed by atoms with Crippen molar-refractivity contribution in [1.82, 2.24) is 10.5 Å². The van der Waals surface area contributed by atoms with Crippen molar-refractivity contribution in [3.63, 3.8) is 0 Å². The summed E-state index contributed by atoms with van der Waals surface area (Å²) in [5.41, 5.74) is -12.4. The van der Waals surface area contributed by atoms with Crippen LogP contribution in [0.5, 0.6) is 0 Å². The summed E-state index contributed by atoms with van der Waals surface area (Å²) < 4.78 is 139. The van der Waals surface area contributed by atoms with Gasteiger partial charge in [0.25, 0.3) is 5.91 Å². The quantitative estimate of drug-likeness (QED) is 0.182. The number of carbonyl (C=O) groups excluding carboxylic acids is 1. The lowest BCUT2D eigenvalue weighted by Gasteiger charge is -2.31. The number of nitrogens with one attached hydrogen (secondary N) is 1. The van der Waals surface area contributed by atoms with E-state index in [1.807, 2.05) is 0 Å². The predicted molar refractivity (Wildman–Crippen MR) is 124 cm³/mol. The molecule has 1 aliphatic carbocycles. The minimum Gasteiger partial charge on any atom is -0.360 e. The Labute approximate surface area is 229 Å². The molecule has 1 fully saturated rings. The van der Waals surface area contributed by atoms with Gasteiger partial charge in [0.2, 0.25) is 0 Å². The third kappa shape index (κ3) is 6.48. The average Bonchev–Trinajstić information content (AvgIpc) is 3.50. The van der Waals surface area contributed by atoms with Gasteiger partial charge in [0.1, 0.15) is 11.5 Å². The molecular formula is C24H16Cl2F10N2O2. The van der Waals surface area contributed by atoms with E-state index in [2.05, 4.69) is 17.1 Å². The number of alkyl halides is 10. The molecule has 1 amide bonds. The summed E-state index contributed by atoms with van der Waals surface area (Å²) in [5, 5.41) is 4.75. The predicted octanol–water partition coefficient (Wildman–Crippen LogP) is 8.36. The number of rotatable bonds is 8. The van der Waals surface area contributed by atoms with E-state index in [0.717, 1.165) is 18.9 Å². The Kier molecular flexibility index (Phi) is 8.76. The zero-order chi connectivity index (χ0) is 30.3. The van der Waals surface area contributed by atoms with Crippen molar-refractivity contribution < 1.29 is 53.2 Å². The van der Waals surface area contributed by atoms with Crippen molar-refractivity contribution in [2.24, 2.45) is 0 Å². The highest BCUT2D eigenvalue weighted by Gasteiger charge is 2.73. The molecule has 218 valence electrons. The first-order valence-corrected chi connectivity index (χ1v) is 11.8. The highest BCUT2D eigenvalue weighted by Crippen LogP contribution is 2.55. The molecule has 16 heteroatoms. The molecule has 2 aromatic rings. The van der Waals surface area contributed by atoms with E-state index in [1.54, 1.807) is 0 Å². The number of nitrogens with zero attached hydrogens (tertiary/aromatic N) is 1. The largest absolute Gasteiger partial charge is 0.435 e. The molecule has 1 aromatic carbocycles. The zero-order valence-corrected chi connectivity index (χ0v) is 21.2. The van der Waals surface area contributed by atoms with Crippen LogP contribution in [0.1, 0.15) is 29.7 Å². The summed E-state index contributed by atoms with van der Waals surface area (Å²) in [6.45, 7) is 3.50. The average molecular weight is 625 g/mol. The van der Waals surface area contributed by atoms with Crippen LogP contribution in [-0.4, -0.2) is 29.5 Å². The van der Waals surface area contributed by atoms with E-state index in [9.17, 15) is 48.7 Å². The lowest BCUT2D eigenvalue weighted by Crippen LogP contribution is -2.50. The van der Waals surface area contributed by atoms with Crippen LogP contribution in [0.15, 0.2) is 58.1 Å². The molecule has 0 bridgehead atoms. The maximum atomic E-state index is 14.5. The summed E-state index contributed by atoms with van der Waals surface area (Å²) in [6.07, 6.45) is -13.6. The number of carbonyl (C=O) groups is 1. The number of amides is 1. The third-order valence-corrected chi connectivity index (χ3v) is 6.22. The van der Waals surface area contributed by atoms with Crippen molar-refractivity contribution in [2.45, 2.75) is 49.5 Å². The van der Waals surface area contributed by atoms with Crippen molar-refractivity contribution in [3.05, 3.63) is 75.5 Å². The SMILES string of the molecule is C=C/C(C(=O)NC1CC1)=C(Cl)\C=C/Cc1cc(-c2c(Cl)cc(C(F)(C(F)(F)F)C(F)(F)F)cc2C(F)(F)F)no1. The van der Waals surface area contributed by atoms with Gasteiger partial charge in [0.15, 0.2) is 0 Å². The smallest absolute Gasteiger partial charge is 0.360 e. The number of halogens is 12. The fourth-order valence-corrected chi connectivity index (χ4v) is 4.03. The van der Waals surface area contributed by atoms with Gasteiger partial charge in [-0.3, -0.25) is 4.79 Å². The molecular weight excluding hydrogens is 609 g/mol. The van der Waals surface area contributed by atoms with Crippen molar-refractivity contribution in [2.75, 3.05) is 0 Å². The molecule has 0 radical (unpaired) electrons. The summed E-state index contributed by atoms with van der Waals surface area (Å²) in [5.74, 6) is -0.600. The van der Waals surface area contributed by atoms with Crippen LogP contribution < -0.4 is 5.32 Å². The topological polar surface area (TPSA) is 55.1 Å². The molecule has 4 nitrogen and oxygen atoms in total. The van der Waals surface area contributed by atoms with Crippen LogP contribution in [0.25, 0.3) is 11.3 Å². The zero-order valence-electron chi connectivity index (χ0n) is 19.7. The number of aromatic nitrogens is 1. The molecule has 1 N–H and O–H groups in total. The summed E-state index contributed by atoms with van der Waals surface area (Å²) >= 11 is 11.8. The van der Waals surface area contributed by atoms with Gasteiger partial charge in [-0.1, -0.05) is 47.1 Å². The van der Waals surface area contributed by atoms with E-state index in [-0.39, 0.29) is 34.9 Å². The van der Waals surface area contributed by atoms with Gasteiger partial charge in [-0.15, -0.1) is 0 Å². The van der Waals surface area contributed by atoms with Crippen LogP contribution >= 0.6 is 23.2 Å². The molecule has 1 aliphatic rings. The second-order valence-electron chi connectivity index (χ2n) is 8.53. The first-order valence-electron chi connectivity index (χ1n) is 11.0. The Morgan fingerprint density at radius 1 is 1.05 bits per heavy atom. The van der Waals surface area contributed by atoms with Crippen LogP contribution in [0.3, 0.4) is 0 Å². The van der Waals surface area contributed by atoms with Crippen LogP contribution in [0.2, 0.25) is 5.02 Å². The fraction of sp³-hybridized carbons (Fsp3) is 0.333. The van der Waals surface area contributed by atoms with E-state index in [0.29, 0.717) is 0 Å². The summed E-state index contributed by atoms with van der Waals surface area (Å²) in [4.78, 5) is 12.2. The van der Waals surface area contributed by atoms with Crippen LogP contribution in [-0.2, 0) is 23.1 Å². The Bertz CT molecular complexity index is 1340. The lowest BCUT2D eigenvalue weighted by molar-refractivity contribution is -0.348. The second kappa shape index (κ2) is 11.1. The molecule has 0 saturated heterocycles. The Morgan fingerprint density at radius 3 is 2.15 bits per heavy atom. The van der Waals surface area contributed by atoms with Gasteiger partial charge in [0.05, 0.1) is 21.2 Å². The van der Waals surface area contributed by atoms with Crippen molar-refractivity contribution in [1.29, 1.82) is 0 Å². The van der Waals surface area contributed by atoms with E-state index >= 15 is 0 Å². The van der Waals surface area contributed by atoms with Crippen molar-refractivity contribution in [3.8, 4) is 11.3 Å². The summed E-state index contributed by atoms with van der Waals surface area (Å²) in [6, 6.07) is 0.108. The minimum absolute atomic E-state index is 0.0325.